The van der Waals surface area contributed by atoms with Crippen LogP contribution in [0.5, 0.6) is 0 Å². The van der Waals surface area contributed by atoms with Gasteiger partial charge in [-0.05, 0) is 36.1 Å². The Kier molecular flexibility index (Phi) is 6.19. The van der Waals surface area contributed by atoms with E-state index in [2.05, 4.69) is 29.3 Å². The van der Waals surface area contributed by atoms with Gasteiger partial charge in [0, 0.05) is 39.3 Å². The van der Waals surface area contributed by atoms with E-state index in [1.807, 2.05) is 12.1 Å². The molecule has 1 N–H and O–H groups in total. The molecule has 0 radical (unpaired) electrons. The highest BCUT2D eigenvalue weighted by Gasteiger charge is 2.18. The number of benzene rings is 1. The van der Waals surface area contributed by atoms with Crippen LogP contribution in [0.4, 0.5) is 0 Å². The standard InChI is InChI=1S/C17H25N3O/c1-3-14-8-15(10-16(9-14)11-18)4-6-20-7-5-19-17(12-20)13-21-2/h8-10,17,19H,3-7,12-13H2,1-2H3. The van der Waals surface area contributed by atoms with E-state index in [1.165, 1.54) is 11.1 Å². The Morgan fingerprint density at radius 3 is 2.90 bits per heavy atom. The quantitative estimate of drug-likeness (QED) is 0.863. The van der Waals surface area contributed by atoms with Gasteiger partial charge in [0.25, 0.3) is 0 Å². The summed E-state index contributed by atoms with van der Waals surface area (Å²) in [7, 11) is 1.75. The molecule has 2 rings (SSSR count). The van der Waals surface area contributed by atoms with Gasteiger partial charge in [-0.1, -0.05) is 13.0 Å². The van der Waals surface area contributed by atoms with Crippen LogP contribution in [0.3, 0.4) is 0 Å². The summed E-state index contributed by atoms with van der Waals surface area (Å²) < 4.78 is 5.23. The largest absolute Gasteiger partial charge is 0.383 e. The molecule has 114 valence electrons. The number of methoxy groups -OCH3 is 1. The van der Waals surface area contributed by atoms with Gasteiger partial charge in [-0.3, -0.25) is 0 Å². The molecule has 1 aliphatic rings. The van der Waals surface area contributed by atoms with Crippen LogP contribution in [0.2, 0.25) is 0 Å². The second-order valence-electron chi connectivity index (χ2n) is 5.66. The number of nitrogens with one attached hydrogen (secondary N) is 1. The van der Waals surface area contributed by atoms with E-state index >= 15 is 0 Å². The molecular formula is C17H25N3O. The lowest BCUT2D eigenvalue weighted by atomic mass is 10.0. The summed E-state index contributed by atoms with van der Waals surface area (Å²) in [6, 6.07) is 8.94. The number of rotatable bonds is 6. The van der Waals surface area contributed by atoms with Crippen molar-refractivity contribution in [2.45, 2.75) is 25.8 Å². The zero-order valence-corrected chi connectivity index (χ0v) is 13.1. The van der Waals surface area contributed by atoms with Crippen LogP contribution in [-0.4, -0.2) is 50.8 Å². The van der Waals surface area contributed by atoms with E-state index in [0.717, 1.165) is 51.2 Å². The molecule has 1 aromatic carbocycles. The summed E-state index contributed by atoms with van der Waals surface area (Å²) in [6.45, 7) is 7.07. The first-order valence-corrected chi connectivity index (χ1v) is 7.72. The van der Waals surface area contributed by atoms with Crippen LogP contribution in [0, 0.1) is 11.3 Å². The molecule has 1 saturated heterocycles. The lowest BCUT2D eigenvalue weighted by Crippen LogP contribution is -2.52. The van der Waals surface area contributed by atoms with Gasteiger partial charge in [-0.2, -0.15) is 5.26 Å². The van der Waals surface area contributed by atoms with Crippen molar-refractivity contribution in [1.29, 1.82) is 5.26 Å². The van der Waals surface area contributed by atoms with Crippen LogP contribution in [0.15, 0.2) is 18.2 Å². The third-order valence-electron chi connectivity index (χ3n) is 4.01. The Bertz CT molecular complexity index is 493. The van der Waals surface area contributed by atoms with Crippen LogP contribution in [0.1, 0.15) is 23.6 Å². The Labute approximate surface area is 127 Å². The zero-order valence-electron chi connectivity index (χ0n) is 13.1. The monoisotopic (exact) mass is 287 g/mol. The molecule has 1 fully saturated rings. The molecule has 1 unspecified atom stereocenters. The highest BCUT2D eigenvalue weighted by Crippen LogP contribution is 2.12. The molecule has 0 saturated carbocycles. The van der Waals surface area contributed by atoms with Crippen LogP contribution in [-0.2, 0) is 17.6 Å². The number of piperazine rings is 1. The minimum absolute atomic E-state index is 0.431. The first-order chi connectivity index (χ1) is 10.2. The lowest BCUT2D eigenvalue weighted by molar-refractivity contribution is 0.116. The fourth-order valence-electron chi connectivity index (χ4n) is 2.87. The fraction of sp³-hybridized carbons (Fsp3) is 0.588. The van der Waals surface area contributed by atoms with Gasteiger partial charge in [-0.25, -0.2) is 0 Å². The van der Waals surface area contributed by atoms with Crippen molar-refractivity contribution in [3.8, 4) is 6.07 Å². The molecule has 0 aromatic heterocycles. The SMILES string of the molecule is CCc1cc(C#N)cc(CCN2CCNC(COC)C2)c1. The number of aryl methyl sites for hydroxylation is 1. The average Bonchev–Trinajstić information content (AvgIpc) is 2.53. The van der Waals surface area contributed by atoms with E-state index in [9.17, 15) is 0 Å². The first kappa shape index (κ1) is 16.0. The Hall–Kier alpha value is -1.41. The predicted molar refractivity (Wildman–Crippen MR) is 84.3 cm³/mol. The van der Waals surface area contributed by atoms with Gasteiger partial charge < -0.3 is 15.0 Å². The molecular weight excluding hydrogens is 262 g/mol. The highest BCUT2D eigenvalue weighted by atomic mass is 16.5. The first-order valence-electron chi connectivity index (χ1n) is 7.72. The smallest absolute Gasteiger partial charge is 0.0991 e. The summed E-state index contributed by atoms with van der Waals surface area (Å²) in [4.78, 5) is 2.48. The number of ether oxygens (including phenoxy) is 1. The van der Waals surface area contributed by atoms with Gasteiger partial charge in [0.1, 0.15) is 0 Å². The normalized spacial score (nSPS) is 19.4. The topological polar surface area (TPSA) is 48.3 Å². The van der Waals surface area contributed by atoms with E-state index < -0.39 is 0 Å². The summed E-state index contributed by atoms with van der Waals surface area (Å²) >= 11 is 0. The molecule has 0 spiro atoms. The van der Waals surface area contributed by atoms with Crippen molar-refractivity contribution in [3.05, 3.63) is 34.9 Å². The minimum Gasteiger partial charge on any atom is -0.383 e. The van der Waals surface area contributed by atoms with Crippen molar-refractivity contribution in [3.63, 3.8) is 0 Å². The van der Waals surface area contributed by atoms with Crippen molar-refractivity contribution >= 4 is 0 Å². The van der Waals surface area contributed by atoms with Crippen molar-refractivity contribution in [2.24, 2.45) is 0 Å². The van der Waals surface area contributed by atoms with Crippen LogP contribution >= 0.6 is 0 Å². The average molecular weight is 287 g/mol. The molecule has 0 amide bonds. The van der Waals surface area contributed by atoms with Gasteiger partial charge >= 0.3 is 0 Å². The maximum atomic E-state index is 9.11. The molecule has 1 aromatic rings. The summed E-state index contributed by atoms with van der Waals surface area (Å²) in [5.41, 5.74) is 3.30. The summed E-state index contributed by atoms with van der Waals surface area (Å²) in [5.74, 6) is 0. The number of hydrogen-bond acceptors (Lipinski definition) is 4. The number of nitrogens with zero attached hydrogens (tertiary/aromatic N) is 2. The van der Waals surface area contributed by atoms with Gasteiger partial charge in [0.15, 0.2) is 0 Å². The van der Waals surface area contributed by atoms with E-state index in [-0.39, 0.29) is 0 Å². The molecule has 1 atom stereocenters. The van der Waals surface area contributed by atoms with E-state index in [1.54, 1.807) is 7.11 Å². The third kappa shape index (κ3) is 4.82. The summed E-state index contributed by atoms with van der Waals surface area (Å²) in [6.07, 6.45) is 1.98. The maximum Gasteiger partial charge on any atom is 0.0991 e. The van der Waals surface area contributed by atoms with E-state index in [4.69, 9.17) is 10.00 Å². The van der Waals surface area contributed by atoms with Crippen molar-refractivity contribution < 1.29 is 4.74 Å². The predicted octanol–water partition coefficient (Wildman–Crippen LogP) is 1.58. The van der Waals surface area contributed by atoms with E-state index in [0.29, 0.717) is 6.04 Å². The molecule has 0 aliphatic carbocycles. The van der Waals surface area contributed by atoms with Gasteiger partial charge in [0.2, 0.25) is 0 Å². The highest BCUT2D eigenvalue weighted by molar-refractivity contribution is 5.37. The minimum atomic E-state index is 0.431. The second kappa shape index (κ2) is 8.14. The molecule has 1 aliphatic heterocycles. The lowest BCUT2D eigenvalue weighted by Gasteiger charge is -2.33. The Morgan fingerprint density at radius 1 is 1.38 bits per heavy atom. The molecule has 1 heterocycles. The Balaban J connectivity index is 1.92. The van der Waals surface area contributed by atoms with Crippen LogP contribution < -0.4 is 5.32 Å². The molecule has 0 bridgehead atoms. The van der Waals surface area contributed by atoms with Crippen molar-refractivity contribution in [1.82, 2.24) is 10.2 Å². The third-order valence-corrected chi connectivity index (χ3v) is 4.01. The molecule has 21 heavy (non-hydrogen) atoms. The zero-order chi connectivity index (χ0) is 15.1. The second-order valence-corrected chi connectivity index (χ2v) is 5.66. The Morgan fingerprint density at radius 2 is 2.19 bits per heavy atom. The fourth-order valence-corrected chi connectivity index (χ4v) is 2.87. The summed E-state index contributed by atoms with van der Waals surface area (Å²) in [5, 5.41) is 12.6. The van der Waals surface area contributed by atoms with Crippen LogP contribution in [0.25, 0.3) is 0 Å². The van der Waals surface area contributed by atoms with Gasteiger partial charge in [-0.15, -0.1) is 0 Å². The number of hydrogen-bond donors (Lipinski definition) is 1. The van der Waals surface area contributed by atoms with Crippen molar-refractivity contribution in [2.75, 3.05) is 39.9 Å². The van der Waals surface area contributed by atoms with Gasteiger partial charge in [0.05, 0.1) is 18.2 Å². The maximum absolute atomic E-state index is 9.11. The number of nitriles is 1. The molecule has 4 heteroatoms. The molecule has 4 nitrogen and oxygen atoms in total.